The van der Waals surface area contributed by atoms with Crippen LogP contribution in [0.25, 0.3) is 10.8 Å². The molecule has 3 saturated heterocycles. The van der Waals surface area contributed by atoms with Gasteiger partial charge in [0, 0.05) is 18.8 Å². The highest BCUT2D eigenvalue weighted by molar-refractivity contribution is 6.05. The summed E-state index contributed by atoms with van der Waals surface area (Å²) in [4.78, 5) is 44.7. The van der Waals surface area contributed by atoms with Crippen molar-refractivity contribution in [3.8, 4) is 0 Å². The summed E-state index contributed by atoms with van der Waals surface area (Å²) in [6.07, 6.45) is 3.55. The molecule has 6 atom stereocenters. The normalized spacial score (nSPS) is 31.3. The fourth-order valence-electron chi connectivity index (χ4n) is 6.90. The average molecular weight is 519 g/mol. The average Bonchev–Trinajstić information content (AvgIpc) is 3.42. The minimum absolute atomic E-state index is 0.0193. The number of esters is 1. The molecule has 5 rings (SSSR count). The highest BCUT2D eigenvalue weighted by Crippen LogP contribution is 2.65. The van der Waals surface area contributed by atoms with Gasteiger partial charge in [-0.1, -0.05) is 56.0 Å². The number of ether oxygens (including phenoxy) is 2. The number of hydrogen-bond donors (Lipinski definition) is 1. The zero-order chi connectivity index (χ0) is 27.2. The Morgan fingerprint density at radius 3 is 2.63 bits per heavy atom. The van der Waals surface area contributed by atoms with Crippen molar-refractivity contribution in [1.82, 2.24) is 4.90 Å². The molecule has 38 heavy (non-hydrogen) atoms. The van der Waals surface area contributed by atoms with Crippen molar-refractivity contribution in [3.63, 3.8) is 0 Å². The summed E-state index contributed by atoms with van der Waals surface area (Å²) in [6, 6.07) is 12.6. The number of amides is 2. The number of hydrogen-bond acceptors (Lipinski definition) is 6. The van der Waals surface area contributed by atoms with Gasteiger partial charge in [0.25, 0.3) is 5.91 Å². The fraction of sp³-hybridized carbons (Fsp3) is 0.433. The number of rotatable bonds is 9. The summed E-state index contributed by atoms with van der Waals surface area (Å²) in [6.45, 7) is 11.1. The first-order chi connectivity index (χ1) is 18.2. The lowest BCUT2D eigenvalue weighted by molar-refractivity contribution is -0.160. The molecule has 3 heterocycles. The van der Waals surface area contributed by atoms with E-state index >= 15 is 0 Å². The third-order valence-corrected chi connectivity index (χ3v) is 8.61. The maximum absolute atomic E-state index is 14.5. The Bertz CT molecular complexity index is 1310. The molecule has 2 aromatic rings. The molecule has 8 nitrogen and oxygen atoms in total. The van der Waals surface area contributed by atoms with E-state index in [-0.39, 0.29) is 44.0 Å². The number of β-amino-alcohol motifs (C(OH)–C–C–N with tert-alkyl or cyclic N) is 1. The van der Waals surface area contributed by atoms with Crippen molar-refractivity contribution < 1.29 is 29.0 Å². The first kappa shape index (κ1) is 26.1. The lowest BCUT2D eigenvalue weighted by atomic mass is 9.62. The van der Waals surface area contributed by atoms with Crippen LogP contribution in [0.5, 0.6) is 0 Å². The van der Waals surface area contributed by atoms with Crippen molar-refractivity contribution in [2.45, 2.75) is 37.5 Å². The number of carbonyl (C=O) groups excluding carboxylic acids is 3. The van der Waals surface area contributed by atoms with Crippen LogP contribution in [0.1, 0.15) is 20.3 Å². The Balaban J connectivity index is 1.60. The summed E-state index contributed by atoms with van der Waals surface area (Å²) in [5.41, 5.74) is -1.51. The van der Waals surface area contributed by atoms with Crippen molar-refractivity contribution in [2.24, 2.45) is 17.8 Å². The second-order valence-corrected chi connectivity index (χ2v) is 10.6. The molecule has 8 heteroatoms. The quantitative estimate of drug-likeness (QED) is 0.405. The van der Waals surface area contributed by atoms with E-state index in [9.17, 15) is 19.5 Å². The molecule has 2 aromatic carbocycles. The molecule has 1 N–H and O–H groups in total. The zero-order valence-corrected chi connectivity index (χ0v) is 21.8. The van der Waals surface area contributed by atoms with Crippen LogP contribution < -0.4 is 4.90 Å². The number of anilines is 1. The van der Waals surface area contributed by atoms with Crippen molar-refractivity contribution in [1.29, 1.82) is 0 Å². The van der Waals surface area contributed by atoms with Crippen LogP contribution >= 0.6 is 0 Å². The fourth-order valence-corrected chi connectivity index (χ4v) is 6.90. The van der Waals surface area contributed by atoms with Crippen LogP contribution in [0.2, 0.25) is 0 Å². The van der Waals surface area contributed by atoms with Gasteiger partial charge in [-0.15, -0.1) is 6.58 Å². The maximum atomic E-state index is 14.5. The number of likely N-dealkylation sites (tertiary alicyclic amines) is 1. The molecular formula is C30H34N2O6. The largest absolute Gasteiger partial charge is 0.461 e. The van der Waals surface area contributed by atoms with Gasteiger partial charge >= 0.3 is 5.97 Å². The van der Waals surface area contributed by atoms with Gasteiger partial charge in [-0.2, -0.15) is 0 Å². The minimum Gasteiger partial charge on any atom is -0.461 e. The Kier molecular flexibility index (Phi) is 6.65. The number of benzene rings is 2. The Hall–Kier alpha value is -3.49. The van der Waals surface area contributed by atoms with Crippen LogP contribution in [0, 0.1) is 17.8 Å². The van der Waals surface area contributed by atoms with Crippen LogP contribution in [0.4, 0.5) is 5.69 Å². The van der Waals surface area contributed by atoms with E-state index < -0.39 is 35.0 Å². The van der Waals surface area contributed by atoms with Gasteiger partial charge < -0.3 is 24.4 Å². The molecule has 0 saturated carbocycles. The van der Waals surface area contributed by atoms with E-state index in [1.165, 1.54) is 11.0 Å². The molecule has 3 aliphatic rings. The van der Waals surface area contributed by atoms with Gasteiger partial charge in [-0.25, -0.2) is 0 Å². The Morgan fingerprint density at radius 2 is 1.95 bits per heavy atom. The predicted octanol–water partition coefficient (Wildman–Crippen LogP) is 3.09. The lowest BCUT2D eigenvalue weighted by Crippen LogP contribution is -2.57. The summed E-state index contributed by atoms with van der Waals surface area (Å²) in [7, 11) is 0. The van der Waals surface area contributed by atoms with Gasteiger partial charge in [0.1, 0.15) is 24.2 Å². The van der Waals surface area contributed by atoms with Crippen LogP contribution in [0.15, 0.2) is 67.8 Å². The molecule has 0 radical (unpaired) electrons. The summed E-state index contributed by atoms with van der Waals surface area (Å²) >= 11 is 0. The molecule has 200 valence electrons. The van der Waals surface area contributed by atoms with Gasteiger partial charge in [-0.05, 0) is 42.2 Å². The topological polar surface area (TPSA) is 96.4 Å². The molecule has 0 aliphatic carbocycles. The van der Waals surface area contributed by atoms with Gasteiger partial charge in [0.05, 0.1) is 18.1 Å². The number of aliphatic hydroxyl groups is 1. The van der Waals surface area contributed by atoms with Crippen molar-refractivity contribution >= 4 is 34.2 Å². The van der Waals surface area contributed by atoms with Gasteiger partial charge in [0.15, 0.2) is 0 Å². The third-order valence-electron chi connectivity index (χ3n) is 8.61. The molecule has 2 amide bonds. The predicted molar refractivity (Wildman–Crippen MR) is 143 cm³/mol. The zero-order valence-electron chi connectivity index (χ0n) is 21.8. The summed E-state index contributed by atoms with van der Waals surface area (Å²) < 4.78 is 12.1. The first-order valence-electron chi connectivity index (χ1n) is 13.0. The monoisotopic (exact) mass is 518 g/mol. The molecule has 3 fully saturated rings. The number of nitrogens with zero attached hydrogens (tertiary/aromatic N) is 2. The standard InChI is InChI=1S/C30H34N2O6/c1-5-13-31(22-12-11-20-9-7-8-10-21(20)17-22)27(35)25-30-18-19(3)29(4,38-30)24(28(36)37-16-6-2)23(30)26(34)32(25)14-15-33/h5-12,17,19,23-25,33H,1-2,13-16,18H2,3-4H3/t19?,23-,24+,25?,29-,30?/m0/s1. The van der Waals surface area contributed by atoms with Crippen molar-refractivity contribution in [3.05, 3.63) is 67.8 Å². The highest BCUT2D eigenvalue weighted by atomic mass is 16.6. The molecule has 1 spiro atoms. The summed E-state index contributed by atoms with van der Waals surface area (Å²) in [5, 5.41) is 11.9. The van der Waals surface area contributed by atoms with E-state index in [0.717, 1.165) is 10.8 Å². The molecule has 0 aromatic heterocycles. The maximum Gasteiger partial charge on any atom is 0.313 e. The van der Waals surface area contributed by atoms with Crippen LogP contribution in [-0.2, 0) is 23.9 Å². The van der Waals surface area contributed by atoms with E-state index in [1.54, 1.807) is 11.0 Å². The Labute approximate surface area is 222 Å². The highest BCUT2D eigenvalue weighted by Gasteiger charge is 2.80. The Morgan fingerprint density at radius 1 is 1.21 bits per heavy atom. The number of fused-ring (bicyclic) bond motifs is 2. The smallest absolute Gasteiger partial charge is 0.313 e. The second-order valence-electron chi connectivity index (χ2n) is 10.6. The van der Waals surface area contributed by atoms with E-state index in [4.69, 9.17) is 9.47 Å². The lowest BCUT2D eigenvalue weighted by Gasteiger charge is -2.37. The SMILES string of the molecule is C=CCOC(=O)[C@H]1[C@H]2C(=O)N(CCO)C(C(=O)N(CC=C)c3ccc4ccccc4c3)C23CC(C)[C@]1(C)O3. The van der Waals surface area contributed by atoms with Crippen molar-refractivity contribution in [2.75, 3.05) is 31.2 Å². The number of carbonyl (C=O) groups is 3. The van der Waals surface area contributed by atoms with Crippen LogP contribution in [0.3, 0.4) is 0 Å². The second kappa shape index (κ2) is 9.67. The van der Waals surface area contributed by atoms with E-state index in [1.807, 2.05) is 56.3 Å². The van der Waals surface area contributed by atoms with Gasteiger partial charge in [-0.3, -0.25) is 14.4 Å². The first-order valence-corrected chi connectivity index (χ1v) is 13.0. The third kappa shape index (κ3) is 3.69. The minimum atomic E-state index is -1.22. The molecule has 2 bridgehead atoms. The van der Waals surface area contributed by atoms with Gasteiger partial charge in [0.2, 0.25) is 5.91 Å². The van der Waals surface area contributed by atoms with Crippen LogP contribution in [-0.4, -0.2) is 71.3 Å². The number of aliphatic hydroxyl groups excluding tert-OH is 1. The molecular weight excluding hydrogens is 484 g/mol. The summed E-state index contributed by atoms with van der Waals surface area (Å²) in [5.74, 6) is -3.10. The molecule has 3 unspecified atom stereocenters. The van der Waals surface area contributed by atoms with E-state index in [0.29, 0.717) is 12.1 Å². The van der Waals surface area contributed by atoms with E-state index in [2.05, 4.69) is 13.2 Å². The molecule has 3 aliphatic heterocycles.